The summed E-state index contributed by atoms with van der Waals surface area (Å²) in [7, 11) is 1.74. The predicted octanol–water partition coefficient (Wildman–Crippen LogP) is 3.27. The lowest BCUT2D eigenvalue weighted by Gasteiger charge is -2.37. The maximum absolute atomic E-state index is 13.6. The van der Waals surface area contributed by atoms with E-state index in [0.717, 1.165) is 10.9 Å². The van der Waals surface area contributed by atoms with E-state index >= 15 is 0 Å². The van der Waals surface area contributed by atoms with E-state index in [2.05, 4.69) is 15.7 Å². The van der Waals surface area contributed by atoms with Crippen LogP contribution in [0.25, 0.3) is 10.8 Å². The third kappa shape index (κ3) is 7.62. The van der Waals surface area contributed by atoms with Gasteiger partial charge in [-0.3, -0.25) is 24.8 Å². The summed E-state index contributed by atoms with van der Waals surface area (Å²) in [6.45, 7) is 3.14. The second-order valence-electron chi connectivity index (χ2n) is 9.30. The van der Waals surface area contributed by atoms with Crippen LogP contribution in [0.1, 0.15) is 12.5 Å². The number of anilines is 1. The molecule has 2 heterocycles. The van der Waals surface area contributed by atoms with Crippen LogP contribution in [0.2, 0.25) is 5.02 Å². The number of nitrogens with zero attached hydrogens (tertiary/aromatic N) is 4. The van der Waals surface area contributed by atoms with Crippen LogP contribution in [0.4, 0.5) is 15.0 Å². The van der Waals surface area contributed by atoms with Gasteiger partial charge in [0.2, 0.25) is 11.8 Å². The molecule has 10 nitrogen and oxygen atoms in total. The normalized spacial score (nSPS) is 14.8. The number of carbonyl (C=O) groups is 3. The standard InChI is InChI=1S/C27H30ClFN6O4/c1-18(36)35(31-14-20-5-3-4-6-24(20)28)23(15-34-10-9-33(2)26(37)16-34)17-39-27(38)32-25-12-21-11-22(29)8-7-19(21)13-30-25/h3-8,11-13,23,31H,9-10,14-17H2,1-2H3,(H,30,32,38)/t23-/m0/s1. The van der Waals surface area contributed by atoms with Gasteiger partial charge in [0.25, 0.3) is 0 Å². The first kappa shape index (κ1) is 28.2. The molecule has 1 atom stereocenters. The van der Waals surface area contributed by atoms with E-state index in [1.54, 1.807) is 30.1 Å². The lowest BCUT2D eigenvalue weighted by atomic mass is 10.2. The lowest BCUT2D eigenvalue weighted by Crippen LogP contribution is -2.58. The predicted molar refractivity (Wildman–Crippen MR) is 145 cm³/mol. The molecule has 2 aromatic carbocycles. The van der Waals surface area contributed by atoms with Gasteiger partial charge in [0.15, 0.2) is 0 Å². The number of hydrogen-bond donors (Lipinski definition) is 2. The van der Waals surface area contributed by atoms with E-state index in [1.165, 1.54) is 30.3 Å². The molecule has 0 spiro atoms. The van der Waals surface area contributed by atoms with Gasteiger partial charge in [0, 0.05) is 56.8 Å². The monoisotopic (exact) mass is 556 g/mol. The molecule has 3 amide bonds. The Morgan fingerprint density at radius 3 is 2.72 bits per heavy atom. The van der Waals surface area contributed by atoms with Crippen LogP contribution in [0.3, 0.4) is 0 Å². The van der Waals surface area contributed by atoms with Crippen molar-refractivity contribution in [1.29, 1.82) is 0 Å². The number of pyridine rings is 1. The largest absolute Gasteiger partial charge is 0.447 e. The first-order chi connectivity index (χ1) is 18.7. The number of hydrazine groups is 1. The highest BCUT2D eigenvalue weighted by molar-refractivity contribution is 6.31. The van der Waals surface area contributed by atoms with E-state index in [4.69, 9.17) is 16.3 Å². The van der Waals surface area contributed by atoms with E-state index in [1.807, 2.05) is 23.1 Å². The third-order valence-corrected chi connectivity index (χ3v) is 6.80. The van der Waals surface area contributed by atoms with Gasteiger partial charge in [-0.2, -0.15) is 0 Å². The summed E-state index contributed by atoms with van der Waals surface area (Å²) in [6.07, 6.45) is 0.737. The summed E-state index contributed by atoms with van der Waals surface area (Å²) in [5.74, 6) is -0.536. The van der Waals surface area contributed by atoms with Crippen molar-refractivity contribution in [2.24, 2.45) is 0 Å². The molecule has 39 heavy (non-hydrogen) atoms. The first-order valence-electron chi connectivity index (χ1n) is 12.4. The van der Waals surface area contributed by atoms with Crippen LogP contribution in [-0.2, 0) is 20.9 Å². The van der Waals surface area contributed by atoms with Gasteiger partial charge >= 0.3 is 6.09 Å². The van der Waals surface area contributed by atoms with Gasteiger partial charge in [-0.25, -0.2) is 19.6 Å². The molecule has 4 rings (SSSR count). The molecule has 0 unspecified atom stereocenters. The summed E-state index contributed by atoms with van der Waals surface area (Å²) in [6, 6.07) is 12.5. The molecular formula is C27H30ClFN6O4. The Labute approximate surface area is 230 Å². The highest BCUT2D eigenvalue weighted by Gasteiger charge is 2.29. The van der Waals surface area contributed by atoms with Crippen LogP contribution in [0, 0.1) is 5.82 Å². The van der Waals surface area contributed by atoms with Crippen molar-refractivity contribution in [3.8, 4) is 0 Å². The fourth-order valence-corrected chi connectivity index (χ4v) is 4.47. The van der Waals surface area contributed by atoms with Crippen LogP contribution in [0.15, 0.2) is 54.7 Å². The summed E-state index contributed by atoms with van der Waals surface area (Å²) < 4.78 is 19.1. The summed E-state index contributed by atoms with van der Waals surface area (Å²) in [5, 5.41) is 5.79. The summed E-state index contributed by atoms with van der Waals surface area (Å²) in [5.41, 5.74) is 3.89. The van der Waals surface area contributed by atoms with E-state index < -0.39 is 18.0 Å². The Bertz CT molecular complexity index is 1360. The zero-order chi connectivity index (χ0) is 27.9. The van der Waals surface area contributed by atoms with Gasteiger partial charge in [-0.05, 0) is 41.3 Å². The highest BCUT2D eigenvalue weighted by atomic mass is 35.5. The average molecular weight is 557 g/mol. The number of aromatic nitrogens is 1. The average Bonchev–Trinajstić information content (AvgIpc) is 2.90. The summed E-state index contributed by atoms with van der Waals surface area (Å²) in [4.78, 5) is 45.3. The Hall–Kier alpha value is -3.80. The van der Waals surface area contributed by atoms with Crippen LogP contribution in [-0.4, -0.2) is 83.6 Å². The second-order valence-corrected chi connectivity index (χ2v) is 9.71. The zero-order valence-electron chi connectivity index (χ0n) is 21.7. The maximum atomic E-state index is 13.6. The fraction of sp³-hybridized carbons (Fsp3) is 0.333. The van der Waals surface area contributed by atoms with Crippen molar-refractivity contribution >= 4 is 46.1 Å². The van der Waals surface area contributed by atoms with Gasteiger partial charge in [-0.15, -0.1) is 0 Å². The molecular weight excluding hydrogens is 527 g/mol. The molecule has 0 aliphatic carbocycles. The quantitative estimate of drug-likeness (QED) is 0.390. The molecule has 0 radical (unpaired) electrons. The number of carbonyl (C=O) groups excluding carboxylic acids is 3. The van der Waals surface area contributed by atoms with Crippen LogP contribution >= 0.6 is 11.6 Å². The van der Waals surface area contributed by atoms with Crippen molar-refractivity contribution in [2.75, 3.05) is 45.2 Å². The minimum atomic E-state index is -0.785. The number of ether oxygens (including phenoxy) is 1. The Kier molecular flexibility index (Phi) is 9.28. The minimum Gasteiger partial charge on any atom is -0.447 e. The number of likely N-dealkylation sites (N-methyl/N-ethyl adjacent to an activating group) is 1. The van der Waals surface area contributed by atoms with E-state index in [0.29, 0.717) is 23.5 Å². The Balaban J connectivity index is 1.45. The van der Waals surface area contributed by atoms with Crippen molar-refractivity contribution < 1.29 is 23.5 Å². The topological polar surface area (TPSA) is 107 Å². The number of fused-ring (bicyclic) bond motifs is 1. The van der Waals surface area contributed by atoms with Gasteiger partial charge < -0.3 is 9.64 Å². The number of amides is 3. The number of nitrogens with one attached hydrogen (secondary N) is 2. The smallest absolute Gasteiger partial charge is 0.412 e. The van der Waals surface area contributed by atoms with Gasteiger partial charge in [0.1, 0.15) is 18.2 Å². The van der Waals surface area contributed by atoms with Crippen molar-refractivity contribution in [3.05, 3.63) is 71.1 Å². The molecule has 1 aliphatic heterocycles. The molecule has 1 fully saturated rings. The number of piperazine rings is 1. The molecule has 3 aromatic rings. The minimum absolute atomic E-state index is 0.0316. The zero-order valence-corrected chi connectivity index (χ0v) is 22.4. The third-order valence-electron chi connectivity index (χ3n) is 6.43. The molecule has 0 bridgehead atoms. The maximum Gasteiger partial charge on any atom is 0.412 e. The highest BCUT2D eigenvalue weighted by Crippen LogP contribution is 2.18. The molecule has 12 heteroatoms. The fourth-order valence-electron chi connectivity index (χ4n) is 4.27. The molecule has 206 valence electrons. The second kappa shape index (κ2) is 12.8. The van der Waals surface area contributed by atoms with Gasteiger partial charge in [0.05, 0.1) is 12.6 Å². The number of benzene rings is 2. The van der Waals surface area contributed by atoms with Crippen LogP contribution in [0.5, 0.6) is 0 Å². The molecule has 0 saturated carbocycles. The summed E-state index contributed by atoms with van der Waals surface area (Å²) >= 11 is 6.28. The number of hydrogen-bond acceptors (Lipinski definition) is 7. The van der Waals surface area contributed by atoms with E-state index in [9.17, 15) is 18.8 Å². The molecule has 1 saturated heterocycles. The van der Waals surface area contributed by atoms with Crippen molar-refractivity contribution in [3.63, 3.8) is 0 Å². The molecule has 1 aliphatic rings. The number of rotatable bonds is 9. The van der Waals surface area contributed by atoms with Crippen molar-refractivity contribution in [2.45, 2.75) is 19.5 Å². The SMILES string of the molecule is CC(=O)N(NCc1ccccc1Cl)[C@H](COC(=O)Nc1cc2cc(F)ccc2cn1)CN1CCN(C)C(=O)C1. The Morgan fingerprint density at radius 2 is 1.97 bits per heavy atom. The Morgan fingerprint density at radius 1 is 1.18 bits per heavy atom. The lowest BCUT2D eigenvalue weighted by molar-refractivity contribution is -0.138. The number of halogens is 2. The van der Waals surface area contributed by atoms with Crippen LogP contribution < -0.4 is 10.7 Å². The first-order valence-corrected chi connectivity index (χ1v) is 12.8. The van der Waals surface area contributed by atoms with E-state index in [-0.39, 0.29) is 43.9 Å². The molecule has 1 aromatic heterocycles. The van der Waals surface area contributed by atoms with Gasteiger partial charge in [-0.1, -0.05) is 29.8 Å². The van der Waals surface area contributed by atoms with Crippen molar-refractivity contribution in [1.82, 2.24) is 25.2 Å². The molecule has 2 N–H and O–H groups in total.